The minimum Gasteiger partial charge on any atom is -0.426 e. The molecule has 1 heterocycles. The number of unbranched alkanes of at least 4 members (excludes halogenated alkanes) is 1. The lowest BCUT2D eigenvalue weighted by Crippen LogP contribution is -2.08. The fourth-order valence-electron chi connectivity index (χ4n) is 1.95. The quantitative estimate of drug-likeness (QED) is 0.764. The molecule has 2 aromatic rings. The van der Waals surface area contributed by atoms with Gasteiger partial charge in [-0.25, -0.2) is 4.79 Å². The lowest BCUT2D eigenvalue weighted by molar-refractivity contribution is -0.0328. The Hall–Kier alpha value is -1.43. The number of alkyl halides is 3. The van der Waals surface area contributed by atoms with Crippen molar-refractivity contribution in [2.75, 3.05) is 0 Å². The van der Waals surface area contributed by atoms with Gasteiger partial charge in [0.2, 0.25) is 0 Å². The Morgan fingerprint density at radius 1 is 1.20 bits per heavy atom. The molecule has 20 heavy (non-hydrogen) atoms. The average molecular weight is 302 g/mol. The Bertz CT molecular complexity index is 661. The van der Waals surface area contributed by atoms with E-state index in [4.69, 9.17) is 4.42 Å². The fraction of sp³-hybridized carbons (Fsp3) is 0.357. The highest BCUT2D eigenvalue weighted by Gasteiger charge is 2.32. The third kappa shape index (κ3) is 3.36. The number of benzene rings is 1. The molecule has 0 spiro atoms. The number of hydrogen-bond acceptors (Lipinski definition) is 3. The molecule has 0 saturated carbocycles. The summed E-state index contributed by atoms with van der Waals surface area (Å²) < 4.78 is 43.2. The summed E-state index contributed by atoms with van der Waals surface area (Å²) >= 11 is -0.217. The molecule has 0 amide bonds. The van der Waals surface area contributed by atoms with Crippen LogP contribution in [0.25, 0.3) is 10.8 Å². The van der Waals surface area contributed by atoms with E-state index >= 15 is 0 Å². The Morgan fingerprint density at radius 2 is 1.85 bits per heavy atom. The van der Waals surface area contributed by atoms with E-state index in [-0.39, 0.29) is 27.8 Å². The van der Waals surface area contributed by atoms with E-state index in [1.807, 2.05) is 6.92 Å². The van der Waals surface area contributed by atoms with Crippen LogP contribution in [0.2, 0.25) is 0 Å². The van der Waals surface area contributed by atoms with Crippen molar-refractivity contribution in [2.45, 2.75) is 36.6 Å². The summed E-state index contributed by atoms with van der Waals surface area (Å²) in [6.07, 6.45) is 1.81. The molecule has 0 fully saturated rings. The third-order valence-electron chi connectivity index (χ3n) is 2.84. The number of rotatable bonds is 4. The van der Waals surface area contributed by atoms with Gasteiger partial charge < -0.3 is 4.42 Å². The molecule has 0 N–H and O–H groups in total. The Kier molecular flexibility index (Phi) is 4.42. The second-order valence-corrected chi connectivity index (χ2v) is 5.41. The van der Waals surface area contributed by atoms with Gasteiger partial charge in [-0.1, -0.05) is 31.5 Å². The smallest absolute Gasteiger partial charge is 0.426 e. The summed E-state index contributed by atoms with van der Waals surface area (Å²) in [7, 11) is 0. The first-order valence-electron chi connectivity index (χ1n) is 6.23. The van der Waals surface area contributed by atoms with Gasteiger partial charge in [-0.2, -0.15) is 13.2 Å². The summed E-state index contributed by atoms with van der Waals surface area (Å²) in [5, 5.41) is 0.483. The summed E-state index contributed by atoms with van der Waals surface area (Å²) in [6, 6.07) is 6.22. The Labute approximate surface area is 118 Å². The van der Waals surface area contributed by atoms with Crippen LogP contribution in [0.3, 0.4) is 0 Å². The number of fused-ring (bicyclic) bond motifs is 1. The van der Waals surface area contributed by atoms with Crippen molar-refractivity contribution in [3.05, 3.63) is 40.4 Å². The normalized spacial score (nSPS) is 12.0. The second kappa shape index (κ2) is 5.91. The topological polar surface area (TPSA) is 30.2 Å². The highest BCUT2D eigenvalue weighted by atomic mass is 32.2. The summed E-state index contributed by atoms with van der Waals surface area (Å²) in [4.78, 5) is 11.8. The first-order valence-corrected chi connectivity index (χ1v) is 7.04. The van der Waals surface area contributed by atoms with Gasteiger partial charge in [-0.15, -0.1) is 0 Å². The molecule has 1 aromatic heterocycles. The highest BCUT2D eigenvalue weighted by molar-refractivity contribution is 8.00. The minimum absolute atomic E-state index is 0.00106. The van der Waals surface area contributed by atoms with Gasteiger partial charge in [0.05, 0.1) is 10.3 Å². The molecule has 0 aliphatic rings. The van der Waals surface area contributed by atoms with Gasteiger partial charge in [-0.3, -0.25) is 0 Å². The molecule has 0 aliphatic heterocycles. The van der Waals surface area contributed by atoms with Gasteiger partial charge in [0, 0.05) is 11.8 Å². The standard InChI is InChI=1S/C14H13F3O2S/c1-2-3-8-11-12(20-14(15,16)17)9-6-4-5-7-10(9)13(18)19-11/h4-7H,2-3,8H2,1H3. The zero-order valence-electron chi connectivity index (χ0n) is 10.8. The molecule has 0 radical (unpaired) electrons. The lowest BCUT2D eigenvalue weighted by Gasteiger charge is -2.12. The van der Waals surface area contributed by atoms with Crippen molar-refractivity contribution < 1.29 is 17.6 Å². The van der Waals surface area contributed by atoms with E-state index in [2.05, 4.69) is 0 Å². The Balaban J connectivity index is 2.64. The van der Waals surface area contributed by atoms with E-state index in [0.717, 1.165) is 6.42 Å². The van der Waals surface area contributed by atoms with Gasteiger partial charge in [0.1, 0.15) is 5.76 Å². The van der Waals surface area contributed by atoms with Gasteiger partial charge in [0.15, 0.2) is 0 Å². The van der Waals surface area contributed by atoms with Crippen molar-refractivity contribution in [1.82, 2.24) is 0 Å². The van der Waals surface area contributed by atoms with Crippen molar-refractivity contribution >= 4 is 22.5 Å². The summed E-state index contributed by atoms with van der Waals surface area (Å²) in [6.45, 7) is 1.93. The van der Waals surface area contributed by atoms with Crippen molar-refractivity contribution in [3.63, 3.8) is 0 Å². The van der Waals surface area contributed by atoms with E-state index in [1.165, 1.54) is 12.1 Å². The maximum absolute atomic E-state index is 12.7. The molecule has 108 valence electrons. The predicted molar refractivity (Wildman–Crippen MR) is 73.0 cm³/mol. The van der Waals surface area contributed by atoms with Crippen LogP contribution in [0.5, 0.6) is 0 Å². The maximum Gasteiger partial charge on any atom is 0.446 e. The molecule has 0 aliphatic carbocycles. The van der Waals surface area contributed by atoms with Crippen LogP contribution < -0.4 is 5.63 Å². The van der Waals surface area contributed by atoms with Crippen LogP contribution in [0.4, 0.5) is 13.2 Å². The lowest BCUT2D eigenvalue weighted by atomic mass is 10.1. The molecule has 0 unspecified atom stereocenters. The molecule has 2 nitrogen and oxygen atoms in total. The number of hydrogen-bond donors (Lipinski definition) is 0. The van der Waals surface area contributed by atoms with Crippen molar-refractivity contribution in [2.24, 2.45) is 0 Å². The van der Waals surface area contributed by atoms with E-state index in [1.54, 1.807) is 12.1 Å². The largest absolute Gasteiger partial charge is 0.446 e. The van der Waals surface area contributed by atoms with Crippen LogP contribution in [0, 0.1) is 0 Å². The van der Waals surface area contributed by atoms with Crippen LogP contribution >= 0.6 is 11.8 Å². The molecular formula is C14H13F3O2S. The van der Waals surface area contributed by atoms with Crippen molar-refractivity contribution in [1.29, 1.82) is 0 Å². The van der Waals surface area contributed by atoms with E-state index < -0.39 is 11.1 Å². The zero-order chi connectivity index (χ0) is 14.8. The molecular weight excluding hydrogens is 289 g/mol. The molecule has 6 heteroatoms. The second-order valence-electron chi connectivity index (χ2n) is 4.34. The molecule has 1 aromatic carbocycles. The predicted octanol–water partition coefficient (Wildman–Crippen LogP) is 4.75. The van der Waals surface area contributed by atoms with E-state index in [0.29, 0.717) is 18.2 Å². The molecule has 0 saturated heterocycles. The monoisotopic (exact) mass is 302 g/mol. The number of aryl methyl sites for hydroxylation is 1. The zero-order valence-corrected chi connectivity index (χ0v) is 11.6. The van der Waals surface area contributed by atoms with Crippen molar-refractivity contribution in [3.8, 4) is 0 Å². The summed E-state index contributed by atoms with van der Waals surface area (Å²) in [5.74, 6) is 0.123. The van der Waals surface area contributed by atoms with Crippen LogP contribution in [0.1, 0.15) is 25.5 Å². The maximum atomic E-state index is 12.7. The first-order chi connectivity index (χ1) is 9.42. The van der Waals surface area contributed by atoms with Gasteiger partial charge in [0.25, 0.3) is 0 Å². The average Bonchev–Trinajstić information content (AvgIpc) is 2.39. The Morgan fingerprint density at radius 3 is 2.45 bits per heavy atom. The minimum atomic E-state index is -4.41. The number of halogens is 3. The van der Waals surface area contributed by atoms with Crippen LogP contribution in [-0.2, 0) is 6.42 Å². The van der Waals surface area contributed by atoms with E-state index in [9.17, 15) is 18.0 Å². The molecule has 0 bridgehead atoms. The fourth-order valence-corrected chi connectivity index (χ4v) is 2.73. The van der Waals surface area contributed by atoms with Gasteiger partial charge >= 0.3 is 11.1 Å². The van der Waals surface area contributed by atoms with Gasteiger partial charge in [-0.05, 0) is 24.2 Å². The summed E-state index contributed by atoms with van der Waals surface area (Å²) in [5.41, 5.74) is -5.00. The molecule has 0 atom stereocenters. The SMILES string of the molecule is CCCCc1oc(=O)c2ccccc2c1SC(F)(F)F. The van der Waals surface area contributed by atoms with Crippen LogP contribution in [0.15, 0.2) is 38.4 Å². The first kappa shape index (κ1) is 15.0. The third-order valence-corrected chi connectivity index (χ3v) is 3.72. The molecule has 2 rings (SSSR count). The van der Waals surface area contributed by atoms with Crippen LogP contribution in [-0.4, -0.2) is 5.51 Å². The number of thioether (sulfide) groups is 1. The highest BCUT2D eigenvalue weighted by Crippen LogP contribution is 2.41.